The number of hydrogen-bond acceptors (Lipinski definition) is 11. The fraction of sp³-hybridized carbons (Fsp3) is 0.489. The molecular weight excluding hydrogens is 818 g/mol. The van der Waals surface area contributed by atoms with Crippen molar-refractivity contribution < 1.29 is 23.1 Å². The normalized spacial score (nSPS) is 23.5. The smallest absolute Gasteiger partial charge is 0.301 e. The number of hydrogen-bond donors (Lipinski definition) is 3. The van der Waals surface area contributed by atoms with Crippen molar-refractivity contribution in [2.24, 2.45) is 25.9 Å². The van der Waals surface area contributed by atoms with E-state index in [0.717, 1.165) is 80.2 Å². The van der Waals surface area contributed by atoms with Crippen molar-refractivity contribution in [1.29, 1.82) is 0 Å². The molecule has 3 N–H and O–H groups in total. The number of alkyl halides is 2. The first-order valence-electron chi connectivity index (χ1n) is 21.7. The van der Waals surface area contributed by atoms with Crippen LogP contribution >= 0.6 is 11.6 Å². The Labute approximate surface area is 362 Å². The molecule has 62 heavy (non-hydrogen) atoms. The lowest BCUT2D eigenvalue weighted by Crippen LogP contribution is -2.54. The van der Waals surface area contributed by atoms with Crippen molar-refractivity contribution in [3.05, 3.63) is 69.7 Å². The first kappa shape index (κ1) is 40.6. The van der Waals surface area contributed by atoms with Crippen LogP contribution < -0.4 is 36.0 Å². The summed E-state index contributed by atoms with van der Waals surface area (Å²) in [5.74, 6) is -2.96. The number of ether oxygens (including phenoxy) is 1. The van der Waals surface area contributed by atoms with E-state index in [0.29, 0.717) is 70.6 Å². The molecule has 10 rings (SSSR count). The second-order valence-corrected chi connectivity index (χ2v) is 18.3. The average molecular weight is 869 g/mol. The van der Waals surface area contributed by atoms with E-state index < -0.39 is 30.0 Å². The van der Waals surface area contributed by atoms with Gasteiger partial charge in [0.15, 0.2) is 6.61 Å². The van der Waals surface area contributed by atoms with E-state index in [-0.39, 0.29) is 23.5 Å². The van der Waals surface area contributed by atoms with Crippen LogP contribution in [0.3, 0.4) is 0 Å². The average Bonchev–Trinajstić information content (AvgIpc) is 4.06. The number of rotatable bonds is 8. The largest absolute Gasteiger partial charge is 0.480 e. The Bertz CT molecular complexity index is 2660. The maximum Gasteiger partial charge on any atom is 0.301 e. The van der Waals surface area contributed by atoms with Gasteiger partial charge >= 0.3 is 5.92 Å². The number of carbonyl (C=O) groups is 2. The topological polar surface area (TPSA) is 142 Å². The van der Waals surface area contributed by atoms with E-state index in [1.54, 1.807) is 19.3 Å². The molecule has 0 bridgehead atoms. The van der Waals surface area contributed by atoms with E-state index in [9.17, 15) is 14.4 Å². The second kappa shape index (κ2) is 15.7. The minimum absolute atomic E-state index is 0.0913. The first-order valence-corrected chi connectivity index (χ1v) is 22.1. The summed E-state index contributed by atoms with van der Waals surface area (Å²) in [4.78, 5) is 49.9. The number of fused-ring (bicyclic) bond motifs is 4. The van der Waals surface area contributed by atoms with Crippen molar-refractivity contribution in [3.63, 3.8) is 0 Å². The third-order valence-electron chi connectivity index (χ3n) is 13.7. The summed E-state index contributed by atoms with van der Waals surface area (Å²) in [7, 11) is 3.55. The first-order chi connectivity index (χ1) is 29.8. The second-order valence-electron chi connectivity index (χ2n) is 17.9. The Hall–Kier alpha value is -5.48. The number of nitrogens with one attached hydrogen (secondary N) is 3. The number of anilines is 5. The lowest BCUT2D eigenvalue weighted by molar-refractivity contribution is -0.134. The number of halogens is 3. The fourth-order valence-electron chi connectivity index (χ4n) is 10.1. The number of amides is 2. The van der Waals surface area contributed by atoms with Crippen molar-refractivity contribution in [1.82, 2.24) is 29.5 Å². The van der Waals surface area contributed by atoms with Gasteiger partial charge in [-0.05, 0) is 75.1 Å². The van der Waals surface area contributed by atoms with E-state index in [1.807, 2.05) is 42.1 Å². The molecule has 4 aliphatic heterocycles. The monoisotopic (exact) mass is 868 g/mol. The number of piperidine rings is 2. The van der Waals surface area contributed by atoms with Crippen LogP contribution in [0.1, 0.15) is 57.1 Å². The highest BCUT2D eigenvalue weighted by Gasteiger charge is 2.51. The van der Waals surface area contributed by atoms with Crippen LogP contribution in [0.25, 0.3) is 21.8 Å². The Morgan fingerprint density at radius 1 is 0.968 bits per heavy atom. The molecule has 4 fully saturated rings. The van der Waals surface area contributed by atoms with Crippen LogP contribution in [0.2, 0.25) is 5.02 Å². The minimum atomic E-state index is -3.12. The number of carbonyl (C=O) groups excluding carboxylic acids is 2. The third kappa shape index (κ3) is 7.37. The van der Waals surface area contributed by atoms with Gasteiger partial charge in [0, 0.05) is 88.4 Å². The molecule has 5 aliphatic rings. The molecule has 14 nitrogen and oxygen atoms in total. The molecule has 0 radical (unpaired) electrons. The van der Waals surface area contributed by atoms with Crippen molar-refractivity contribution in [2.45, 2.75) is 69.4 Å². The molecule has 3 atom stereocenters. The SMILES string of the molecule is CC1CN(c2cccc3c(C4CCC(=O)NC4=O)nn(C)c23)CCN1CC1CCN(c2cc(Nc3ccc4c(c3)c3c(c(=O)n4C)OCC(F)(F)C(C4CC4)N3)c(Cl)cn2)CC1. The molecular formula is C45H51ClF2N10O4. The predicted molar refractivity (Wildman–Crippen MR) is 236 cm³/mol. The zero-order valence-corrected chi connectivity index (χ0v) is 35.9. The van der Waals surface area contributed by atoms with Crippen LogP contribution in [0.15, 0.2) is 53.5 Å². The van der Waals surface area contributed by atoms with Gasteiger partial charge in [0.25, 0.3) is 5.56 Å². The molecule has 326 valence electrons. The number of aromatic nitrogens is 4. The van der Waals surface area contributed by atoms with Crippen LogP contribution in [0.5, 0.6) is 5.75 Å². The number of nitrogens with zero attached hydrogens (tertiary/aromatic N) is 7. The number of piperazine rings is 1. The van der Waals surface area contributed by atoms with E-state index in [2.05, 4.69) is 43.6 Å². The van der Waals surface area contributed by atoms with E-state index >= 15 is 8.78 Å². The molecule has 3 aromatic heterocycles. The Morgan fingerprint density at radius 2 is 1.77 bits per heavy atom. The highest BCUT2D eigenvalue weighted by atomic mass is 35.5. The van der Waals surface area contributed by atoms with Crippen molar-refractivity contribution in [2.75, 3.05) is 66.3 Å². The zero-order chi connectivity index (χ0) is 43.0. The molecule has 3 saturated heterocycles. The summed E-state index contributed by atoms with van der Waals surface area (Å²) in [6.07, 6.45) is 5.92. The molecule has 7 heterocycles. The molecule has 2 amide bonds. The van der Waals surface area contributed by atoms with Crippen LogP contribution in [-0.4, -0.2) is 99.9 Å². The zero-order valence-electron chi connectivity index (χ0n) is 35.1. The number of imide groups is 1. The number of benzene rings is 2. The third-order valence-corrected chi connectivity index (χ3v) is 14.0. The molecule has 3 unspecified atom stereocenters. The van der Waals surface area contributed by atoms with E-state index in [1.165, 1.54) is 4.57 Å². The van der Waals surface area contributed by atoms with Gasteiger partial charge in [0.2, 0.25) is 17.6 Å². The standard InChI is InChI=1S/C45H51ClF2N10O4/c1-25-22-58(35-6-4-5-29-38(53-55(3)40(29)35)30-10-12-37(59)51-43(30)60)18-17-57(25)23-26-13-15-56(16-14-26)36-20-33(32(46)21-49-36)50-28-9-11-34-31(19-28)39-41(44(61)54(34)2)62-24-45(47,48)42(52-39)27-7-8-27/h4-6,9,11,19-21,25-27,30,42,52H,7-8,10,12-18,22-24H2,1-3H3,(H,49,50)(H,51,59,60). The summed E-state index contributed by atoms with van der Waals surface area (Å²) in [5.41, 5.74) is 4.64. The summed E-state index contributed by atoms with van der Waals surface area (Å²) in [6.45, 7) is 6.89. The molecule has 1 saturated carbocycles. The maximum atomic E-state index is 15.2. The van der Waals surface area contributed by atoms with Crippen molar-refractivity contribution >= 4 is 73.8 Å². The Balaban J connectivity index is 0.788. The highest BCUT2D eigenvalue weighted by Crippen LogP contribution is 2.46. The van der Waals surface area contributed by atoms with Gasteiger partial charge in [0.1, 0.15) is 5.82 Å². The van der Waals surface area contributed by atoms with Gasteiger partial charge in [-0.3, -0.25) is 29.3 Å². The molecule has 0 spiro atoms. The summed E-state index contributed by atoms with van der Waals surface area (Å²) < 4.78 is 39.2. The number of aryl methyl sites for hydroxylation is 2. The van der Waals surface area contributed by atoms with Gasteiger partial charge < -0.3 is 29.7 Å². The molecule has 17 heteroatoms. The summed E-state index contributed by atoms with van der Waals surface area (Å²) in [6, 6.07) is 12.9. The number of para-hydroxylation sites is 1. The Morgan fingerprint density at radius 3 is 2.53 bits per heavy atom. The molecule has 5 aromatic rings. The van der Waals surface area contributed by atoms with Crippen LogP contribution in [0, 0.1) is 11.8 Å². The summed E-state index contributed by atoms with van der Waals surface area (Å²) in [5, 5.41) is 15.8. The lowest BCUT2D eigenvalue weighted by Gasteiger charge is -2.43. The molecule has 2 aromatic carbocycles. The van der Waals surface area contributed by atoms with Gasteiger partial charge in [0.05, 0.1) is 57.0 Å². The lowest BCUT2D eigenvalue weighted by atomic mass is 9.92. The van der Waals surface area contributed by atoms with Crippen LogP contribution in [0.4, 0.5) is 37.3 Å². The maximum absolute atomic E-state index is 15.2. The number of pyridine rings is 2. The predicted octanol–water partition coefficient (Wildman–Crippen LogP) is 6.38. The van der Waals surface area contributed by atoms with Gasteiger partial charge in [-0.25, -0.2) is 13.8 Å². The quantitative estimate of drug-likeness (QED) is 0.150. The Kier molecular flexibility index (Phi) is 10.3. The summed E-state index contributed by atoms with van der Waals surface area (Å²) >= 11 is 6.71. The van der Waals surface area contributed by atoms with Gasteiger partial charge in [-0.15, -0.1) is 0 Å². The van der Waals surface area contributed by atoms with Crippen LogP contribution in [-0.2, 0) is 23.7 Å². The fourth-order valence-corrected chi connectivity index (χ4v) is 10.3. The van der Waals surface area contributed by atoms with Gasteiger partial charge in [-0.1, -0.05) is 23.7 Å². The van der Waals surface area contributed by atoms with E-state index in [4.69, 9.17) is 26.4 Å². The minimum Gasteiger partial charge on any atom is -0.480 e. The molecule has 1 aliphatic carbocycles. The highest BCUT2D eigenvalue weighted by molar-refractivity contribution is 6.33. The van der Waals surface area contributed by atoms with Crippen molar-refractivity contribution in [3.8, 4) is 5.75 Å². The van der Waals surface area contributed by atoms with Gasteiger partial charge in [-0.2, -0.15) is 5.10 Å².